The minimum Gasteiger partial charge on any atom is -0.502 e. The van der Waals surface area contributed by atoms with Crippen LogP contribution in [-0.4, -0.2) is 39.3 Å². The van der Waals surface area contributed by atoms with Gasteiger partial charge < -0.3 is 15.7 Å². The molecule has 29 heavy (non-hydrogen) atoms. The van der Waals surface area contributed by atoms with E-state index in [1.54, 1.807) is 24.3 Å². The van der Waals surface area contributed by atoms with Crippen molar-refractivity contribution < 1.29 is 24.4 Å². The summed E-state index contributed by atoms with van der Waals surface area (Å²) < 4.78 is 0. The Morgan fingerprint density at radius 1 is 1.24 bits per heavy atom. The topological polar surface area (TPSA) is 142 Å². The van der Waals surface area contributed by atoms with Crippen LogP contribution in [0.3, 0.4) is 0 Å². The van der Waals surface area contributed by atoms with E-state index in [0.717, 1.165) is 12.1 Å². The Hall–Kier alpha value is -3.92. The Labute approximate surface area is 168 Å². The number of nitrogens with zero attached hydrogens (tertiary/aromatic N) is 2. The highest BCUT2D eigenvalue weighted by Crippen LogP contribution is 2.27. The molecule has 0 radical (unpaired) electrons. The van der Waals surface area contributed by atoms with Crippen molar-refractivity contribution in [3.63, 3.8) is 0 Å². The molecule has 1 aliphatic heterocycles. The average Bonchev–Trinajstić information content (AvgIpc) is 2.92. The highest BCUT2D eigenvalue weighted by atomic mass is 35.5. The zero-order valence-corrected chi connectivity index (χ0v) is 15.3. The molecule has 0 atom stereocenters. The van der Waals surface area contributed by atoms with Crippen LogP contribution in [0, 0.1) is 10.1 Å². The zero-order valence-electron chi connectivity index (χ0n) is 14.6. The molecule has 2 aromatic rings. The monoisotopic (exact) mass is 416 g/mol. The van der Waals surface area contributed by atoms with Gasteiger partial charge in [0.2, 0.25) is 5.91 Å². The largest absolute Gasteiger partial charge is 0.502 e. The minimum atomic E-state index is -0.805. The lowest BCUT2D eigenvalue weighted by Crippen LogP contribution is -2.38. The van der Waals surface area contributed by atoms with Crippen LogP contribution in [0.4, 0.5) is 16.2 Å². The number of imide groups is 1. The normalized spacial score (nSPS) is 14.8. The summed E-state index contributed by atoms with van der Waals surface area (Å²) in [5.74, 6) is -1.89. The number of hydrogen-bond donors (Lipinski definition) is 3. The van der Waals surface area contributed by atoms with Crippen molar-refractivity contribution in [3.05, 3.63) is 68.9 Å². The van der Waals surface area contributed by atoms with Crippen molar-refractivity contribution in [3.8, 4) is 5.75 Å². The second-order valence-electron chi connectivity index (χ2n) is 5.94. The number of carbonyl (C=O) groups excluding carboxylic acids is 3. The summed E-state index contributed by atoms with van der Waals surface area (Å²) in [7, 11) is 0. The van der Waals surface area contributed by atoms with Crippen LogP contribution in [0.25, 0.3) is 6.08 Å². The third-order valence-electron chi connectivity index (χ3n) is 3.90. The van der Waals surface area contributed by atoms with Gasteiger partial charge in [-0.3, -0.25) is 19.7 Å². The van der Waals surface area contributed by atoms with Gasteiger partial charge in [-0.1, -0.05) is 17.7 Å². The number of anilines is 1. The van der Waals surface area contributed by atoms with Gasteiger partial charge in [-0.25, -0.2) is 9.69 Å². The molecular weight excluding hydrogens is 404 g/mol. The summed E-state index contributed by atoms with van der Waals surface area (Å²) in [6.45, 7) is -0.527. The Kier molecular flexibility index (Phi) is 5.46. The highest BCUT2D eigenvalue weighted by molar-refractivity contribution is 6.30. The number of benzene rings is 2. The van der Waals surface area contributed by atoms with Gasteiger partial charge in [-0.15, -0.1) is 0 Å². The van der Waals surface area contributed by atoms with E-state index in [1.165, 1.54) is 12.1 Å². The Bertz CT molecular complexity index is 1050. The molecule has 0 aliphatic carbocycles. The lowest BCUT2D eigenvalue weighted by atomic mass is 10.1. The fourth-order valence-electron chi connectivity index (χ4n) is 2.54. The molecule has 0 spiro atoms. The highest BCUT2D eigenvalue weighted by Gasteiger charge is 2.35. The molecule has 3 N–H and O–H groups in total. The Morgan fingerprint density at radius 2 is 1.93 bits per heavy atom. The lowest BCUT2D eigenvalue weighted by molar-refractivity contribution is -0.385. The quantitative estimate of drug-likeness (QED) is 0.296. The van der Waals surface area contributed by atoms with Gasteiger partial charge in [0.15, 0.2) is 5.75 Å². The third-order valence-corrected chi connectivity index (χ3v) is 4.15. The fourth-order valence-corrected chi connectivity index (χ4v) is 2.66. The van der Waals surface area contributed by atoms with Gasteiger partial charge in [0.1, 0.15) is 12.2 Å². The van der Waals surface area contributed by atoms with Crippen LogP contribution in [-0.2, 0) is 9.59 Å². The average molecular weight is 417 g/mol. The zero-order chi connectivity index (χ0) is 21.1. The first-order valence-electron chi connectivity index (χ1n) is 8.12. The molecule has 11 heteroatoms. The molecule has 1 heterocycles. The molecule has 0 saturated carbocycles. The number of nitrogens with one attached hydrogen (secondary N) is 2. The van der Waals surface area contributed by atoms with Crippen LogP contribution in [0.15, 0.2) is 48.2 Å². The van der Waals surface area contributed by atoms with E-state index in [-0.39, 0.29) is 11.3 Å². The smallest absolute Gasteiger partial charge is 0.329 e. The van der Waals surface area contributed by atoms with Crippen molar-refractivity contribution in [2.24, 2.45) is 0 Å². The van der Waals surface area contributed by atoms with Crippen LogP contribution >= 0.6 is 11.6 Å². The molecule has 1 fully saturated rings. The maximum atomic E-state index is 12.4. The summed E-state index contributed by atoms with van der Waals surface area (Å²) in [5, 5.41) is 25.7. The number of nitro benzene ring substituents is 1. The summed E-state index contributed by atoms with van der Waals surface area (Å²) in [6.07, 6.45) is 1.21. The summed E-state index contributed by atoms with van der Waals surface area (Å²) >= 11 is 5.77. The van der Waals surface area contributed by atoms with Crippen LogP contribution in [0.2, 0.25) is 5.02 Å². The number of phenols is 1. The van der Waals surface area contributed by atoms with Gasteiger partial charge in [0, 0.05) is 16.8 Å². The van der Waals surface area contributed by atoms with Crippen LogP contribution in [0.1, 0.15) is 5.56 Å². The van der Waals surface area contributed by atoms with Gasteiger partial charge in [0.25, 0.3) is 5.91 Å². The van der Waals surface area contributed by atoms with Gasteiger partial charge in [-0.05, 0) is 42.0 Å². The predicted molar refractivity (Wildman–Crippen MR) is 103 cm³/mol. The maximum Gasteiger partial charge on any atom is 0.329 e. The van der Waals surface area contributed by atoms with Gasteiger partial charge in [0.05, 0.1) is 4.92 Å². The minimum absolute atomic E-state index is 0.158. The lowest BCUT2D eigenvalue weighted by Gasteiger charge is -2.12. The van der Waals surface area contributed by atoms with Gasteiger partial charge >= 0.3 is 11.7 Å². The van der Waals surface area contributed by atoms with E-state index in [2.05, 4.69) is 10.6 Å². The molecule has 0 bridgehead atoms. The van der Waals surface area contributed by atoms with Crippen LogP contribution < -0.4 is 10.6 Å². The molecule has 2 aromatic carbocycles. The van der Waals surface area contributed by atoms with Crippen molar-refractivity contribution in [2.75, 3.05) is 11.9 Å². The first-order chi connectivity index (χ1) is 13.7. The van der Waals surface area contributed by atoms with E-state index in [1.807, 2.05) is 0 Å². The standard InChI is InChI=1S/C18H13ClN4O6/c19-11-2-4-12(5-3-11)20-16(25)9-22-17(26)13(21-18(22)27)7-10-1-6-15(24)14(8-10)23(28)29/h1-8,24H,9H2,(H,20,25)(H,21,27). The molecular formula is C18H13ClN4O6. The second-order valence-corrected chi connectivity index (χ2v) is 6.38. The van der Waals surface area contributed by atoms with E-state index >= 15 is 0 Å². The van der Waals surface area contributed by atoms with Gasteiger partial charge in [-0.2, -0.15) is 0 Å². The van der Waals surface area contributed by atoms with E-state index in [4.69, 9.17) is 11.6 Å². The molecule has 0 aromatic heterocycles. The number of nitro groups is 1. The Morgan fingerprint density at radius 3 is 2.59 bits per heavy atom. The molecule has 0 unspecified atom stereocenters. The molecule has 148 valence electrons. The fraction of sp³-hybridized carbons (Fsp3) is 0.0556. The number of phenolic OH excluding ortho intramolecular Hbond substituents is 1. The summed E-state index contributed by atoms with van der Waals surface area (Å²) in [6, 6.07) is 8.96. The number of urea groups is 1. The molecule has 10 nitrogen and oxygen atoms in total. The number of halogens is 1. The summed E-state index contributed by atoms with van der Waals surface area (Å²) in [4.78, 5) is 47.4. The second kappa shape index (κ2) is 7.98. The number of hydrogen-bond acceptors (Lipinski definition) is 6. The number of rotatable bonds is 5. The molecule has 1 saturated heterocycles. The number of carbonyl (C=O) groups is 3. The molecule has 3 rings (SSSR count). The SMILES string of the molecule is O=C(CN1C(=O)NC(=Cc2ccc(O)c([N+](=O)[O-])c2)C1=O)Nc1ccc(Cl)cc1. The van der Waals surface area contributed by atoms with E-state index in [9.17, 15) is 29.6 Å². The first kappa shape index (κ1) is 19.8. The van der Waals surface area contributed by atoms with Crippen molar-refractivity contribution >= 4 is 46.9 Å². The predicted octanol–water partition coefficient (Wildman–Crippen LogP) is 2.49. The van der Waals surface area contributed by atoms with E-state index < -0.39 is 40.8 Å². The maximum absolute atomic E-state index is 12.4. The number of amides is 4. The van der Waals surface area contributed by atoms with E-state index in [0.29, 0.717) is 15.6 Å². The van der Waals surface area contributed by atoms with Crippen molar-refractivity contribution in [1.82, 2.24) is 10.2 Å². The Balaban J connectivity index is 1.73. The summed E-state index contributed by atoms with van der Waals surface area (Å²) in [5.41, 5.74) is -0.0474. The molecule has 4 amide bonds. The van der Waals surface area contributed by atoms with Crippen molar-refractivity contribution in [1.29, 1.82) is 0 Å². The first-order valence-corrected chi connectivity index (χ1v) is 8.50. The molecule has 1 aliphatic rings. The van der Waals surface area contributed by atoms with Crippen LogP contribution in [0.5, 0.6) is 5.75 Å². The number of aromatic hydroxyl groups is 1. The third kappa shape index (κ3) is 4.50. The van der Waals surface area contributed by atoms with Crippen molar-refractivity contribution in [2.45, 2.75) is 0 Å².